The summed E-state index contributed by atoms with van der Waals surface area (Å²) in [6.07, 6.45) is 0. The van der Waals surface area contributed by atoms with Crippen molar-refractivity contribution in [1.29, 1.82) is 0 Å². The Bertz CT molecular complexity index is 601. The first-order valence-electron chi connectivity index (χ1n) is 7.16. The monoisotopic (exact) mass is 272 g/mol. The molecule has 0 amide bonds. The van der Waals surface area contributed by atoms with Crippen LogP contribution in [0.3, 0.4) is 0 Å². The number of nitrogens with zero attached hydrogens (tertiary/aromatic N) is 3. The Hall–Kier alpha value is -1.88. The minimum Gasteiger partial charge on any atom is -0.475 e. The fourth-order valence-corrected chi connectivity index (χ4v) is 2.55. The molecule has 1 aromatic carbocycles. The van der Waals surface area contributed by atoms with Crippen LogP contribution in [0.1, 0.15) is 13.8 Å². The lowest BCUT2D eigenvalue weighted by atomic mass is 10.2. The summed E-state index contributed by atoms with van der Waals surface area (Å²) in [5.41, 5.74) is 1.79. The molecule has 0 saturated carbocycles. The molecule has 1 aromatic heterocycles. The van der Waals surface area contributed by atoms with E-state index < -0.39 is 0 Å². The quantitative estimate of drug-likeness (QED) is 0.923. The molecule has 20 heavy (non-hydrogen) atoms. The second-order valence-electron chi connectivity index (χ2n) is 5.02. The van der Waals surface area contributed by atoms with Gasteiger partial charge in [0, 0.05) is 25.7 Å². The van der Waals surface area contributed by atoms with Crippen LogP contribution in [-0.4, -0.2) is 42.3 Å². The third-order valence-corrected chi connectivity index (χ3v) is 3.58. The van der Waals surface area contributed by atoms with Gasteiger partial charge < -0.3 is 15.0 Å². The molecule has 1 saturated heterocycles. The zero-order valence-electron chi connectivity index (χ0n) is 12.0. The molecule has 1 aliphatic heterocycles. The van der Waals surface area contributed by atoms with Crippen molar-refractivity contribution in [2.45, 2.75) is 19.9 Å². The Morgan fingerprint density at radius 2 is 2.05 bits per heavy atom. The number of ether oxygens (including phenoxy) is 1. The van der Waals surface area contributed by atoms with E-state index >= 15 is 0 Å². The molecular formula is C15H20N4O. The maximum absolute atomic E-state index is 5.71. The van der Waals surface area contributed by atoms with Crippen LogP contribution in [0.2, 0.25) is 0 Å². The lowest BCUT2D eigenvalue weighted by Gasteiger charge is -2.35. The van der Waals surface area contributed by atoms with E-state index in [0.717, 1.165) is 36.5 Å². The smallest absolute Gasteiger partial charge is 0.258 e. The average molecular weight is 272 g/mol. The number of anilines is 1. The van der Waals surface area contributed by atoms with Gasteiger partial charge in [0.2, 0.25) is 0 Å². The number of nitrogens with one attached hydrogen (secondary N) is 1. The highest BCUT2D eigenvalue weighted by Gasteiger charge is 2.24. The van der Waals surface area contributed by atoms with Gasteiger partial charge in [0.1, 0.15) is 0 Å². The summed E-state index contributed by atoms with van der Waals surface area (Å²) in [4.78, 5) is 11.7. The van der Waals surface area contributed by atoms with Crippen LogP contribution in [0.4, 0.5) is 5.82 Å². The van der Waals surface area contributed by atoms with Gasteiger partial charge in [0.15, 0.2) is 5.82 Å². The standard InChI is InChI=1S/C15H20N4O/c1-3-20-15-14(19-9-8-16-10-11(19)2)17-12-6-4-5-7-13(12)18-15/h4-7,11,16H,3,8-10H2,1-2H3/t11-/m1/s1. The molecule has 2 aromatic rings. The van der Waals surface area contributed by atoms with E-state index in [4.69, 9.17) is 9.72 Å². The van der Waals surface area contributed by atoms with Gasteiger partial charge in [-0.3, -0.25) is 0 Å². The number of benzene rings is 1. The average Bonchev–Trinajstić information content (AvgIpc) is 2.48. The maximum atomic E-state index is 5.71. The molecular weight excluding hydrogens is 252 g/mol. The van der Waals surface area contributed by atoms with Crippen LogP contribution in [0.15, 0.2) is 24.3 Å². The van der Waals surface area contributed by atoms with E-state index in [1.54, 1.807) is 0 Å². The fourth-order valence-electron chi connectivity index (χ4n) is 2.55. The molecule has 0 aliphatic carbocycles. The summed E-state index contributed by atoms with van der Waals surface area (Å²) in [5, 5.41) is 3.39. The highest BCUT2D eigenvalue weighted by molar-refractivity contribution is 5.77. The molecule has 106 valence electrons. The SMILES string of the molecule is CCOc1nc2ccccc2nc1N1CCNC[C@H]1C. The maximum Gasteiger partial charge on any atom is 0.258 e. The van der Waals surface area contributed by atoms with Gasteiger partial charge in [-0.1, -0.05) is 12.1 Å². The van der Waals surface area contributed by atoms with Crippen LogP contribution >= 0.6 is 0 Å². The fraction of sp³-hybridized carbons (Fsp3) is 0.467. The van der Waals surface area contributed by atoms with E-state index in [-0.39, 0.29) is 0 Å². The van der Waals surface area contributed by atoms with E-state index in [0.29, 0.717) is 18.5 Å². The van der Waals surface area contributed by atoms with Gasteiger partial charge in [-0.25, -0.2) is 9.97 Å². The largest absolute Gasteiger partial charge is 0.475 e. The van der Waals surface area contributed by atoms with E-state index in [1.165, 1.54) is 0 Å². The Morgan fingerprint density at radius 1 is 1.30 bits per heavy atom. The molecule has 0 radical (unpaired) electrons. The molecule has 3 rings (SSSR count). The van der Waals surface area contributed by atoms with E-state index in [1.807, 2.05) is 31.2 Å². The van der Waals surface area contributed by atoms with Gasteiger partial charge in [-0.15, -0.1) is 0 Å². The molecule has 1 N–H and O–H groups in total. The predicted octanol–water partition coefficient (Wildman–Crippen LogP) is 1.83. The van der Waals surface area contributed by atoms with Gasteiger partial charge in [0.25, 0.3) is 5.88 Å². The lowest BCUT2D eigenvalue weighted by molar-refractivity contribution is 0.325. The predicted molar refractivity (Wildman–Crippen MR) is 80.4 cm³/mol. The van der Waals surface area contributed by atoms with E-state index in [9.17, 15) is 0 Å². The van der Waals surface area contributed by atoms with Crippen LogP contribution in [0.25, 0.3) is 11.0 Å². The minimum atomic E-state index is 0.387. The highest BCUT2D eigenvalue weighted by atomic mass is 16.5. The summed E-state index contributed by atoms with van der Waals surface area (Å²) < 4.78 is 5.71. The Labute approximate surface area is 119 Å². The first-order chi connectivity index (χ1) is 9.79. The molecule has 5 nitrogen and oxygen atoms in total. The molecule has 0 spiro atoms. The van der Waals surface area contributed by atoms with Crippen LogP contribution in [0.5, 0.6) is 5.88 Å². The first kappa shape index (κ1) is 13.1. The van der Waals surface area contributed by atoms with Gasteiger partial charge >= 0.3 is 0 Å². The van der Waals surface area contributed by atoms with Crippen molar-refractivity contribution in [3.63, 3.8) is 0 Å². The number of hydrogen-bond donors (Lipinski definition) is 1. The zero-order valence-corrected chi connectivity index (χ0v) is 12.0. The zero-order chi connectivity index (χ0) is 13.9. The van der Waals surface area contributed by atoms with Gasteiger partial charge in [-0.2, -0.15) is 0 Å². The second kappa shape index (κ2) is 5.63. The lowest BCUT2D eigenvalue weighted by Crippen LogP contribution is -2.50. The number of rotatable bonds is 3. The topological polar surface area (TPSA) is 50.3 Å². The van der Waals surface area contributed by atoms with Crippen molar-refractivity contribution in [3.05, 3.63) is 24.3 Å². The minimum absolute atomic E-state index is 0.387. The molecule has 2 heterocycles. The summed E-state index contributed by atoms with van der Waals surface area (Å²) >= 11 is 0. The van der Waals surface area contributed by atoms with Crippen molar-refractivity contribution in [2.24, 2.45) is 0 Å². The Balaban J connectivity index is 2.08. The van der Waals surface area contributed by atoms with Crippen molar-refractivity contribution < 1.29 is 4.74 Å². The number of hydrogen-bond acceptors (Lipinski definition) is 5. The van der Waals surface area contributed by atoms with Crippen LogP contribution in [0, 0.1) is 0 Å². The first-order valence-corrected chi connectivity index (χ1v) is 7.16. The number of aromatic nitrogens is 2. The summed E-state index contributed by atoms with van der Waals surface area (Å²) in [5.74, 6) is 1.50. The van der Waals surface area contributed by atoms with Crippen molar-refractivity contribution in [2.75, 3.05) is 31.1 Å². The summed E-state index contributed by atoms with van der Waals surface area (Å²) in [7, 11) is 0. The van der Waals surface area contributed by atoms with Crippen molar-refractivity contribution in [1.82, 2.24) is 15.3 Å². The number of piperazine rings is 1. The number of fused-ring (bicyclic) bond motifs is 1. The third kappa shape index (κ3) is 2.41. The summed E-state index contributed by atoms with van der Waals surface area (Å²) in [6, 6.07) is 8.31. The Morgan fingerprint density at radius 3 is 2.75 bits per heavy atom. The van der Waals surface area contributed by atoms with E-state index in [2.05, 4.69) is 22.1 Å². The molecule has 1 fully saturated rings. The number of para-hydroxylation sites is 2. The van der Waals surface area contributed by atoms with Crippen LogP contribution < -0.4 is 15.0 Å². The normalized spacial score (nSPS) is 19.3. The molecule has 5 heteroatoms. The van der Waals surface area contributed by atoms with Crippen molar-refractivity contribution in [3.8, 4) is 5.88 Å². The van der Waals surface area contributed by atoms with Crippen molar-refractivity contribution >= 4 is 16.9 Å². The van der Waals surface area contributed by atoms with Crippen LogP contribution in [-0.2, 0) is 0 Å². The highest BCUT2D eigenvalue weighted by Crippen LogP contribution is 2.28. The molecule has 0 bridgehead atoms. The Kier molecular flexibility index (Phi) is 3.69. The molecule has 1 aliphatic rings. The molecule has 1 atom stereocenters. The third-order valence-electron chi connectivity index (χ3n) is 3.58. The molecule has 0 unspecified atom stereocenters. The second-order valence-corrected chi connectivity index (χ2v) is 5.02. The van der Waals surface area contributed by atoms with Gasteiger partial charge in [-0.05, 0) is 26.0 Å². The van der Waals surface area contributed by atoms with Gasteiger partial charge in [0.05, 0.1) is 17.6 Å². The summed E-state index contributed by atoms with van der Waals surface area (Å²) in [6.45, 7) is 7.61.